The van der Waals surface area contributed by atoms with Gasteiger partial charge in [0.2, 0.25) is 5.91 Å². The fourth-order valence-corrected chi connectivity index (χ4v) is 1.17. The van der Waals surface area contributed by atoms with E-state index in [-0.39, 0.29) is 11.9 Å². The second-order valence-electron chi connectivity index (χ2n) is 4.36. The number of hydrogen-bond donors (Lipinski definition) is 2. The van der Waals surface area contributed by atoms with Gasteiger partial charge in [0.1, 0.15) is 0 Å². The Kier molecular flexibility index (Phi) is 3.47. The highest BCUT2D eigenvalue weighted by molar-refractivity contribution is 5.85. The average Bonchev–Trinajstić information content (AvgIpc) is 2.54. The maximum atomic E-state index is 11.5. The molecular weight excluding hydrogens is 192 g/mol. The Morgan fingerprint density at radius 2 is 2.33 bits per heavy atom. The number of nitrogens with two attached hydrogens (primary N) is 1. The largest absolute Gasteiger partial charge is 0.350 e. The average molecular weight is 210 g/mol. The summed E-state index contributed by atoms with van der Waals surface area (Å²) in [7, 11) is 0. The van der Waals surface area contributed by atoms with Crippen molar-refractivity contribution < 1.29 is 4.79 Å². The molecule has 1 aromatic heterocycles. The zero-order chi connectivity index (χ0) is 11.5. The van der Waals surface area contributed by atoms with Gasteiger partial charge in [-0.05, 0) is 20.8 Å². The Morgan fingerprint density at radius 3 is 2.80 bits per heavy atom. The monoisotopic (exact) mass is 210 g/mol. The maximum Gasteiger partial charge on any atom is 0.239 e. The van der Waals surface area contributed by atoms with E-state index < -0.39 is 5.54 Å². The molecule has 0 saturated heterocycles. The summed E-state index contributed by atoms with van der Waals surface area (Å²) in [4.78, 5) is 15.5. The summed E-state index contributed by atoms with van der Waals surface area (Å²) in [5.41, 5.74) is 4.84. The number of carbonyl (C=O) groups excluding carboxylic acids is 1. The predicted molar refractivity (Wildman–Crippen MR) is 58.1 cm³/mol. The van der Waals surface area contributed by atoms with Gasteiger partial charge in [-0.2, -0.15) is 0 Å². The highest BCUT2D eigenvalue weighted by Crippen LogP contribution is 1.98. The molecule has 0 fully saturated rings. The van der Waals surface area contributed by atoms with Gasteiger partial charge in [-0.15, -0.1) is 0 Å². The number of amides is 1. The lowest BCUT2D eigenvalue weighted by atomic mass is 10.1. The van der Waals surface area contributed by atoms with Crippen LogP contribution in [-0.2, 0) is 11.3 Å². The third-order valence-electron chi connectivity index (χ3n) is 2.01. The van der Waals surface area contributed by atoms with Crippen molar-refractivity contribution in [2.45, 2.75) is 38.9 Å². The van der Waals surface area contributed by atoms with Crippen molar-refractivity contribution in [1.29, 1.82) is 0 Å². The maximum absolute atomic E-state index is 11.5. The summed E-state index contributed by atoms with van der Waals surface area (Å²) < 4.78 is 1.91. The summed E-state index contributed by atoms with van der Waals surface area (Å²) >= 11 is 0. The van der Waals surface area contributed by atoms with E-state index in [1.54, 1.807) is 26.4 Å². The molecule has 84 valence electrons. The van der Waals surface area contributed by atoms with Crippen LogP contribution < -0.4 is 11.1 Å². The molecule has 0 aromatic carbocycles. The van der Waals surface area contributed by atoms with Crippen LogP contribution in [0.25, 0.3) is 0 Å². The number of hydrogen-bond acceptors (Lipinski definition) is 3. The fourth-order valence-electron chi connectivity index (χ4n) is 1.17. The lowest BCUT2D eigenvalue weighted by molar-refractivity contribution is -0.125. The first-order valence-corrected chi connectivity index (χ1v) is 4.95. The van der Waals surface area contributed by atoms with E-state index in [9.17, 15) is 4.79 Å². The molecule has 15 heavy (non-hydrogen) atoms. The second-order valence-corrected chi connectivity index (χ2v) is 4.36. The van der Waals surface area contributed by atoms with Crippen molar-refractivity contribution in [1.82, 2.24) is 14.9 Å². The normalized spacial score (nSPS) is 13.6. The molecule has 0 aliphatic rings. The standard InChI is InChI=1S/C10H18N4O/c1-8(6-14-5-4-12-7-14)13-9(15)10(2,3)11/h4-5,7-8H,6,11H2,1-3H3,(H,13,15). The molecule has 0 bridgehead atoms. The minimum atomic E-state index is -0.830. The van der Waals surface area contributed by atoms with Gasteiger partial charge in [-0.3, -0.25) is 4.79 Å². The first-order valence-electron chi connectivity index (χ1n) is 4.95. The van der Waals surface area contributed by atoms with Crippen molar-refractivity contribution in [3.63, 3.8) is 0 Å². The number of nitrogens with zero attached hydrogens (tertiary/aromatic N) is 2. The molecule has 1 rings (SSSR count). The molecule has 0 radical (unpaired) electrons. The van der Waals surface area contributed by atoms with Crippen LogP contribution in [0.1, 0.15) is 20.8 Å². The number of aromatic nitrogens is 2. The zero-order valence-electron chi connectivity index (χ0n) is 9.40. The van der Waals surface area contributed by atoms with Crippen molar-refractivity contribution in [2.75, 3.05) is 0 Å². The summed E-state index contributed by atoms with van der Waals surface area (Å²) in [6.07, 6.45) is 5.29. The van der Waals surface area contributed by atoms with Gasteiger partial charge < -0.3 is 15.6 Å². The van der Waals surface area contributed by atoms with Gasteiger partial charge in [-0.25, -0.2) is 4.98 Å². The zero-order valence-corrected chi connectivity index (χ0v) is 9.40. The molecule has 3 N–H and O–H groups in total. The minimum Gasteiger partial charge on any atom is -0.350 e. The predicted octanol–water partition coefficient (Wildman–Crippen LogP) is 0.125. The van der Waals surface area contributed by atoms with Gasteiger partial charge in [-0.1, -0.05) is 0 Å². The topological polar surface area (TPSA) is 72.9 Å². The Balaban J connectivity index is 2.43. The molecule has 0 aliphatic carbocycles. The van der Waals surface area contributed by atoms with E-state index in [4.69, 9.17) is 5.73 Å². The smallest absolute Gasteiger partial charge is 0.239 e. The van der Waals surface area contributed by atoms with E-state index in [2.05, 4.69) is 10.3 Å². The van der Waals surface area contributed by atoms with Crippen molar-refractivity contribution in [2.24, 2.45) is 5.73 Å². The third-order valence-corrected chi connectivity index (χ3v) is 2.01. The summed E-state index contributed by atoms with van der Waals surface area (Å²) in [6, 6.07) is 0.0366. The Hall–Kier alpha value is -1.36. The fraction of sp³-hybridized carbons (Fsp3) is 0.600. The van der Waals surface area contributed by atoms with Gasteiger partial charge in [0, 0.05) is 25.0 Å². The molecule has 1 amide bonds. The molecule has 1 heterocycles. The van der Waals surface area contributed by atoms with Crippen molar-refractivity contribution in [3.8, 4) is 0 Å². The highest BCUT2D eigenvalue weighted by atomic mass is 16.2. The molecule has 5 nitrogen and oxygen atoms in total. The van der Waals surface area contributed by atoms with Crippen LogP contribution in [0.3, 0.4) is 0 Å². The third kappa shape index (κ3) is 3.71. The molecule has 0 saturated carbocycles. The number of imidazole rings is 1. The number of carbonyl (C=O) groups is 1. The quantitative estimate of drug-likeness (QED) is 0.741. The summed E-state index contributed by atoms with van der Waals surface area (Å²) in [5, 5.41) is 2.85. The number of rotatable bonds is 4. The lowest BCUT2D eigenvalue weighted by Crippen LogP contribution is -2.52. The minimum absolute atomic E-state index is 0.0366. The number of nitrogens with one attached hydrogen (secondary N) is 1. The first kappa shape index (κ1) is 11.7. The van der Waals surface area contributed by atoms with Crippen LogP contribution >= 0.6 is 0 Å². The van der Waals surface area contributed by atoms with Gasteiger partial charge >= 0.3 is 0 Å². The highest BCUT2D eigenvalue weighted by Gasteiger charge is 2.22. The van der Waals surface area contributed by atoms with Crippen LogP contribution in [0.2, 0.25) is 0 Å². The van der Waals surface area contributed by atoms with E-state index in [1.165, 1.54) is 0 Å². The second kappa shape index (κ2) is 4.44. The molecule has 1 unspecified atom stereocenters. The Morgan fingerprint density at radius 1 is 1.67 bits per heavy atom. The van der Waals surface area contributed by atoms with Gasteiger partial charge in [0.05, 0.1) is 11.9 Å². The van der Waals surface area contributed by atoms with Gasteiger partial charge in [0.15, 0.2) is 0 Å². The van der Waals surface area contributed by atoms with E-state index in [1.807, 2.05) is 17.7 Å². The van der Waals surface area contributed by atoms with Crippen LogP contribution in [0, 0.1) is 0 Å². The van der Waals surface area contributed by atoms with Crippen LogP contribution in [0.5, 0.6) is 0 Å². The van der Waals surface area contributed by atoms with E-state index in [0.717, 1.165) is 0 Å². The summed E-state index contributed by atoms with van der Waals surface area (Å²) in [5.74, 6) is -0.143. The molecule has 5 heteroatoms. The SMILES string of the molecule is CC(Cn1ccnc1)NC(=O)C(C)(C)N. The van der Waals surface area contributed by atoms with Crippen molar-refractivity contribution >= 4 is 5.91 Å². The van der Waals surface area contributed by atoms with E-state index in [0.29, 0.717) is 6.54 Å². The first-order chi connectivity index (χ1) is 6.89. The Bertz CT molecular complexity index is 313. The van der Waals surface area contributed by atoms with Crippen LogP contribution in [0.15, 0.2) is 18.7 Å². The molecule has 0 spiro atoms. The van der Waals surface area contributed by atoms with Crippen LogP contribution in [-0.4, -0.2) is 27.0 Å². The van der Waals surface area contributed by atoms with E-state index >= 15 is 0 Å². The lowest BCUT2D eigenvalue weighted by Gasteiger charge is -2.22. The molecule has 1 atom stereocenters. The molecular formula is C10H18N4O. The molecule has 0 aliphatic heterocycles. The van der Waals surface area contributed by atoms with Gasteiger partial charge in [0.25, 0.3) is 0 Å². The van der Waals surface area contributed by atoms with Crippen LogP contribution in [0.4, 0.5) is 0 Å². The molecule has 1 aromatic rings. The Labute approximate surface area is 89.7 Å². The van der Waals surface area contributed by atoms with Crippen molar-refractivity contribution in [3.05, 3.63) is 18.7 Å². The summed E-state index contributed by atoms with van der Waals surface area (Å²) in [6.45, 7) is 6.00.